The molecule has 4 rings (SSSR count). The fourth-order valence-corrected chi connectivity index (χ4v) is 4.48. The highest BCUT2D eigenvalue weighted by atomic mass is 32.2. The molecule has 0 radical (unpaired) electrons. The Balaban J connectivity index is 1.46. The Morgan fingerprint density at radius 2 is 1.52 bits per heavy atom. The Morgan fingerprint density at radius 1 is 0.852 bits per heavy atom. The molecule has 0 atom stereocenters. The lowest BCUT2D eigenvalue weighted by Crippen LogP contribution is -2.30. The van der Waals surface area contributed by atoms with Crippen molar-refractivity contribution in [2.75, 3.05) is 25.4 Å². The molecule has 2 aromatic carbocycles. The lowest BCUT2D eigenvalue weighted by molar-refractivity contribution is 0.230. The maximum absolute atomic E-state index is 4.93. The molecule has 140 valence electrons. The number of nitrogens with zero attached hydrogens (tertiary/aromatic N) is 2. The molecule has 3 aromatic rings. The standard InChI is InChI=1S/C23H27N3S/c1-4-11-19(12-5-1)21-22(20-13-6-2-7-14-20)25-23(24-21)27-18-10-17-26-15-8-3-9-16-26/h1-2,4-7,11-14H,3,8-10,15-18H2,(H,24,25). The van der Waals surface area contributed by atoms with Crippen molar-refractivity contribution in [3.05, 3.63) is 60.7 Å². The molecular weight excluding hydrogens is 350 g/mol. The van der Waals surface area contributed by atoms with Crippen LogP contribution in [0.15, 0.2) is 65.8 Å². The monoisotopic (exact) mass is 377 g/mol. The molecule has 1 aliphatic rings. The van der Waals surface area contributed by atoms with E-state index in [1.54, 1.807) is 0 Å². The fourth-order valence-electron chi connectivity index (χ4n) is 3.68. The van der Waals surface area contributed by atoms with E-state index in [1.807, 2.05) is 11.8 Å². The summed E-state index contributed by atoms with van der Waals surface area (Å²) in [6.45, 7) is 3.77. The first-order valence-corrected chi connectivity index (χ1v) is 10.9. The number of aromatic amines is 1. The summed E-state index contributed by atoms with van der Waals surface area (Å²) in [5.74, 6) is 1.10. The number of benzene rings is 2. The Hall–Kier alpha value is -2.04. The number of likely N-dealkylation sites (tertiary alicyclic amines) is 1. The molecule has 1 saturated heterocycles. The van der Waals surface area contributed by atoms with E-state index in [9.17, 15) is 0 Å². The molecule has 0 saturated carbocycles. The summed E-state index contributed by atoms with van der Waals surface area (Å²) in [5, 5.41) is 1.02. The topological polar surface area (TPSA) is 31.9 Å². The van der Waals surface area contributed by atoms with Gasteiger partial charge in [0.05, 0.1) is 11.4 Å². The first-order valence-electron chi connectivity index (χ1n) is 9.96. The number of rotatable bonds is 7. The number of piperidine rings is 1. The first-order chi connectivity index (χ1) is 13.4. The number of aromatic nitrogens is 2. The van der Waals surface area contributed by atoms with Crippen LogP contribution in [0.2, 0.25) is 0 Å². The van der Waals surface area contributed by atoms with Crippen molar-refractivity contribution in [2.24, 2.45) is 0 Å². The minimum absolute atomic E-state index is 1.02. The van der Waals surface area contributed by atoms with Gasteiger partial charge < -0.3 is 9.88 Å². The van der Waals surface area contributed by atoms with Gasteiger partial charge in [-0.25, -0.2) is 4.98 Å². The quantitative estimate of drug-likeness (QED) is 0.423. The van der Waals surface area contributed by atoms with Crippen LogP contribution in [0.4, 0.5) is 0 Å². The molecule has 2 heterocycles. The van der Waals surface area contributed by atoms with E-state index in [-0.39, 0.29) is 0 Å². The molecule has 0 spiro atoms. The highest BCUT2D eigenvalue weighted by Gasteiger charge is 2.14. The molecule has 0 bridgehead atoms. The minimum Gasteiger partial charge on any atom is -0.332 e. The third kappa shape index (κ3) is 4.82. The lowest BCUT2D eigenvalue weighted by Gasteiger charge is -2.26. The summed E-state index contributed by atoms with van der Waals surface area (Å²) in [5.41, 5.74) is 4.50. The summed E-state index contributed by atoms with van der Waals surface area (Å²) in [6.07, 6.45) is 5.35. The number of thioether (sulfide) groups is 1. The van der Waals surface area contributed by atoms with Crippen LogP contribution in [0.5, 0.6) is 0 Å². The van der Waals surface area contributed by atoms with Gasteiger partial charge in [0, 0.05) is 16.9 Å². The van der Waals surface area contributed by atoms with Crippen LogP contribution < -0.4 is 0 Å². The third-order valence-electron chi connectivity index (χ3n) is 5.10. The van der Waals surface area contributed by atoms with Gasteiger partial charge in [0.25, 0.3) is 0 Å². The van der Waals surface area contributed by atoms with Crippen molar-refractivity contribution in [3.8, 4) is 22.5 Å². The number of hydrogen-bond donors (Lipinski definition) is 1. The average molecular weight is 378 g/mol. The van der Waals surface area contributed by atoms with Gasteiger partial charge in [0.1, 0.15) is 0 Å². The number of nitrogens with one attached hydrogen (secondary N) is 1. The van der Waals surface area contributed by atoms with E-state index in [4.69, 9.17) is 4.98 Å². The molecule has 1 aromatic heterocycles. The van der Waals surface area contributed by atoms with Crippen LogP contribution in [-0.4, -0.2) is 40.3 Å². The number of imidazole rings is 1. The maximum Gasteiger partial charge on any atom is 0.166 e. The van der Waals surface area contributed by atoms with Crippen LogP contribution in [-0.2, 0) is 0 Å². The molecule has 27 heavy (non-hydrogen) atoms. The summed E-state index contributed by atoms with van der Waals surface area (Å²) in [4.78, 5) is 11.1. The predicted molar refractivity (Wildman–Crippen MR) is 115 cm³/mol. The summed E-state index contributed by atoms with van der Waals surface area (Å²) >= 11 is 1.84. The Morgan fingerprint density at radius 3 is 2.22 bits per heavy atom. The van der Waals surface area contributed by atoms with Gasteiger partial charge in [-0.1, -0.05) is 78.8 Å². The van der Waals surface area contributed by atoms with Gasteiger partial charge in [-0.05, 0) is 38.9 Å². The smallest absolute Gasteiger partial charge is 0.166 e. The summed E-state index contributed by atoms with van der Waals surface area (Å²) in [6, 6.07) is 21.0. The van der Waals surface area contributed by atoms with E-state index in [1.165, 1.54) is 50.9 Å². The molecule has 0 aliphatic carbocycles. The molecular formula is C23H27N3S. The van der Waals surface area contributed by atoms with Crippen LogP contribution in [0.1, 0.15) is 25.7 Å². The van der Waals surface area contributed by atoms with E-state index in [0.717, 1.165) is 27.9 Å². The second-order valence-electron chi connectivity index (χ2n) is 7.10. The van der Waals surface area contributed by atoms with Crippen LogP contribution >= 0.6 is 11.8 Å². The fraction of sp³-hybridized carbons (Fsp3) is 0.348. The van der Waals surface area contributed by atoms with Gasteiger partial charge in [0.15, 0.2) is 5.16 Å². The first kappa shape index (κ1) is 18.3. The zero-order valence-electron chi connectivity index (χ0n) is 15.7. The molecule has 1 aliphatic heterocycles. The zero-order chi connectivity index (χ0) is 18.3. The molecule has 1 fully saturated rings. The highest BCUT2D eigenvalue weighted by Crippen LogP contribution is 2.32. The Kier molecular flexibility index (Phi) is 6.28. The van der Waals surface area contributed by atoms with Gasteiger partial charge in [-0.2, -0.15) is 0 Å². The third-order valence-corrected chi connectivity index (χ3v) is 6.06. The van der Waals surface area contributed by atoms with Crippen molar-refractivity contribution in [1.29, 1.82) is 0 Å². The van der Waals surface area contributed by atoms with Gasteiger partial charge in [0.2, 0.25) is 0 Å². The second kappa shape index (κ2) is 9.25. The number of H-pyrrole nitrogens is 1. The van der Waals surface area contributed by atoms with Crippen LogP contribution in [0.25, 0.3) is 22.5 Å². The van der Waals surface area contributed by atoms with E-state index < -0.39 is 0 Å². The normalized spacial score (nSPS) is 15.1. The van der Waals surface area contributed by atoms with Gasteiger partial charge in [-0.15, -0.1) is 0 Å². The maximum atomic E-state index is 4.93. The average Bonchev–Trinajstić information content (AvgIpc) is 3.18. The largest absolute Gasteiger partial charge is 0.332 e. The van der Waals surface area contributed by atoms with Crippen LogP contribution in [0, 0.1) is 0 Å². The Bertz CT molecular complexity index is 766. The molecule has 1 N–H and O–H groups in total. The van der Waals surface area contributed by atoms with Crippen molar-refractivity contribution in [2.45, 2.75) is 30.8 Å². The van der Waals surface area contributed by atoms with Gasteiger partial charge >= 0.3 is 0 Å². The van der Waals surface area contributed by atoms with E-state index >= 15 is 0 Å². The van der Waals surface area contributed by atoms with Crippen molar-refractivity contribution >= 4 is 11.8 Å². The summed E-state index contributed by atoms with van der Waals surface area (Å²) < 4.78 is 0. The van der Waals surface area contributed by atoms with Gasteiger partial charge in [-0.3, -0.25) is 0 Å². The Labute approximate surface area is 166 Å². The minimum atomic E-state index is 1.02. The van der Waals surface area contributed by atoms with Crippen molar-refractivity contribution in [3.63, 3.8) is 0 Å². The predicted octanol–water partition coefficient (Wildman–Crippen LogP) is 5.71. The number of hydrogen-bond acceptors (Lipinski definition) is 3. The molecule has 4 heteroatoms. The zero-order valence-corrected chi connectivity index (χ0v) is 16.5. The molecule has 0 amide bonds. The molecule has 3 nitrogen and oxygen atoms in total. The van der Waals surface area contributed by atoms with E-state index in [2.05, 4.69) is 70.5 Å². The van der Waals surface area contributed by atoms with Crippen molar-refractivity contribution < 1.29 is 0 Å². The summed E-state index contributed by atoms with van der Waals surface area (Å²) in [7, 11) is 0. The SMILES string of the molecule is c1ccc(-c2nc(SCCCN3CCCCC3)[nH]c2-c2ccccc2)cc1. The second-order valence-corrected chi connectivity index (χ2v) is 8.19. The lowest BCUT2D eigenvalue weighted by atomic mass is 10.1. The highest BCUT2D eigenvalue weighted by molar-refractivity contribution is 7.99. The van der Waals surface area contributed by atoms with Crippen molar-refractivity contribution in [1.82, 2.24) is 14.9 Å². The molecule has 0 unspecified atom stereocenters. The van der Waals surface area contributed by atoms with Crippen LogP contribution in [0.3, 0.4) is 0 Å². The van der Waals surface area contributed by atoms with E-state index in [0.29, 0.717) is 0 Å².